The first-order chi connectivity index (χ1) is 6.77. The van der Waals surface area contributed by atoms with E-state index in [1.165, 1.54) is 12.8 Å². The molecule has 1 aromatic heterocycles. The molecule has 0 radical (unpaired) electrons. The second-order valence-corrected chi connectivity index (χ2v) is 4.14. The predicted molar refractivity (Wildman–Crippen MR) is 53.0 cm³/mol. The molecule has 14 heavy (non-hydrogen) atoms. The van der Waals surface area contributed by atoms with Gasteiger partial charge in [0.2, 0.25) is 11.8 Å². The highest BCUT2D eigenvalue weighted by molar-refractivity contribution is 4.93. The average molecular weight is 195 g/mol. The van der Waals surface area contributed by atoms with Crippen molar-refractivity contribution in [1.82, 2.24) is 15.5 Å². The van der Waals surface area contributed by atoms with Gasteiger partial charge >= 0.3 is 0 Å². The lowest BCUT2D eigenvalue weighted by Gasteiger charge is -2.19. The van der Waals surface area contributed by atoms with Gasteiger partial charge in [-0.1, -0.05) is 20.3 Å². The Morgan fingerprint density at radius 3 is 2.79 bits per heavy atom. The van der Waals surface area contributed by atoms with Gasteiger partial charge in [-0.2, -0.15) is 0 Å². The van der Waals surface area contributed by atoms with Crippen LogP contribution in [0.25, 0.3) is 0 Å². The van der Waals surface area contributed by atoms with Gasteiger partial charge in [-0.15, -0.1) is 10.2 Å². The van der Waals surface area contributed by atoms with E-state index in [-0.39, 0.29) is 6.04 Å². The maximum Gasteiger partial charge on any atom is 0.233 e. The zero-order valence-corrected chi connectivity index (χ0v) is 8.79. The van der Waals surface area contributed by atoms with E-state index in [9.17, 15) is 0 Å². The highest BCUT2D eigenvalue weighted by Gasteiger charge is 2.21. The van der Waals surface area contributed by atoms with Crippen LogP contribution in [0.2, 0.25) is 0 Å². The van der Waals surface area contributed by atoms with Gasteiger partial charge in [-0.05, 0) is 19.4 Å². The van der Waals surface area contributed by atoms with Crippen molar-refractivity contribution < 1.29 is 4.42 Å². The lowest BCUT2D eigenvalue weighted by molar-refractivity contribution is 0.325. The van der Waals surface area contributed by atoms with Gasteiger partial charge in [-0.3, -0.25) is 0 Å². The molecule has 1 aromatic rings. The standard InChI is InChI=1S/C10H17N3O/c1-7(2)9-12-13-10(14-9)8-5-3-4-6-11-8/h7-8,11H,3-6H2,1-2H3/t8-/m0/s1. The molecule has 1 fully saturated rings. The fourth-order valence-electron chi connectivity index (χ4n) is 1.68. The summed E-state index contributed by atoms with van der Waals surface area (Å²) in [6.45, 7) is 5.18. The van der Waals surface area contributed by atoms with Gasteiger partial charge in [0.25, 0.3) is 0 Å². The summed E-state index contributed by atoms with van der Waals surface area (Å²) >= 11 is 0. The van der Waals surface area contributed by atoms with Crippen LogP contribution < -0.4 is 5.32 Å². The van der Waals surface area contributed by atoms with Crippen LogP contribution in [0.5, 0.6) is 0 Å². The number of piperidine rings is 1. The molecule has 78 valence electrons. The Morgan fingerprint density at radius 2 is 2.21 bits per heavy atom. The minimum atomic E-state index is 0.281. The molecule has 0 aromatic carbocycles. The summed E-state index contributed by atoms with van der Waals surface area (Å²) in [6.07, 6.45) is 3.61. The largest absolute Gasteiger partial charge is 0.423 e. The maximum atomic E-state index is 5.60. The Hall–Kier alpha value is -0.900. The van der Waals surface area contributed by atoms with Crippen molar-refractivity contribution in [3.8, 4) is 0 Å². The van der Waals surface area contributed by atoms with Gasteiger partial charge in [-0.25, -0.2) is 0 Å². The van der Waals surface area contributed by atoms with Gasteiger partial charge in [0.1, 0.15) is 0 Å². The summed E-state index contributed by atoms with van der Waals surface area (Å²) in [5.74, 6) is 1.82. The lowest BCUT2D eigenvalue weighted by atomic mass is 10.1. The van der Waals surface area contributed by atoms with Crippen LogP contribution in [0, 0.1) is 0 Å². The predicted octanol–water partition coefficient (Wildman–Crippen LogP) is 2.01. The Labute approximate surface area is 84.1 Å². The molecule has 0 bridgehead atoms. The van der Waals surface area contributed by atoms with E-state index < -0.39 is 0 Å². The normalized spacial score (nSPS) is 22.9. The van der Waals surface area contributed by atoms with E-state index in [1.54, 1.807) is 0 Å². The first kappa shape index (κ1) is 9.65. The molecule has 2 rings (SSSR count). The molecular formula is C10H17N3O. The van der Waals surface area contributed by atoms with Crippen molar-refractivity contribution in [1.29, 1.82) is 0 Å². The molecule has 0 unspecified atom stereocenters. The van der Waals surface area contributed by atoms with Crippen LogP contribution >= 0.6 is 0 Å². The summed E-state index contributed by atoms with van der Waals surface area (Å²) in [4.78, 5) is 0. The number of aromatic nitrogens is 2. The number of nitrogens with zero attached hydrogens (tertiary/aromatic N) is 2. The van der Waals surface area contributed by atoms with E-state index in [0.717, 1.165) is 24.7 Å². The number of hydrogen-bond donors (Lipinski definition) is 1. The molecule has 4 heteroatoms. The third-order valence-corrected chi connectivity index (χ3v) is 2.56. The summed E-state index contributed by atoms with van der Waals surface area (Å²) in [7, 11) is 0. The zero-order chi connectivity index (χ0) is 9.97. The number of hydrogen-bond acceptors (Lipinski definition) is 4. The van der Waals surface area contributed by atoms with E-state index in [1.807, 2.05) is 0 Å². The van der Waals surface area contributed by atoms with Gasteiger partial charge < -0.3 is 9.73 Å². The van der Waals surface area contributed by atoms with E-state index in [0.29, 0.717) is 5.92 Å². The first-order valence-corrected chi connectivity index (χ1v) is 5.34. The second kappa shape index (κ2) is 4.09. The summed E-state index contributed by atoms with van der Waals surface area (Å²) in [5, 5.41) is 11.5. The quantitative estimate of drug-likeness (QED) is 0.784. The number of rotatable bonds is 2. The third-order valence-electron chi connectivity index (χ3n) is 2.56. The monoisotopic (exact) mass is 195 g/mol. The molecule has 1 aliphatic rings. The lowest BCUT2D eigenvalue weighted by Crippen LogP contribution is -2.26. The van der Waals surface area contributed by atoms with Crippen molar-refractivity contribution in [2.24, 2.45) is 0 Å². The average Bonchev–Trinajstić information content (AvgIpc) is 2.68. The molecule has 2 heterocycles. The first-order valence-electron chi connectivity index (χ1n) is 5.34. The zero-order valence-electron chi connectivity index (χ0n) is 8.79. The molecule has 1 saturated heterocycles. The number of nitrogens with one attached hydrogen (secondary N) is 1. The Balaban J connectivity index is 2.07. The smallest absolute Gasteiger partial charge is 0.233 e. The molecule has 0 saturated carbocycles. The van der Waals surface area contributed by atoms with Crippen LogP contribution in [0.4, 0.5) is 0 Å². The summed E-state index contributed by atoms with van der Waals surface area (Å²) in [6, 6.07) is 0.281. The van der Waals surface area contributed by atoms with Crippen molar-refractivity contribution in [2.75, 3.05) is 6.54 Å². The topological polar surface area (TPSA) is 51.0 Å². The Morgan fingerprint density at radius 1 is 1.36 bits per heavy atom. The second-order valence-electron chi connectivity index (χ2n) is 4.14. The van der Waals surface area contributed by atoms with Crippen LogP contribution in [-0.2, 0) is 0 Å². The van der Waals surface area contributed by atoms with Crippen LogP contribution in [-0.4, -0.2) is 16.7 Å². The molecule has 1 aliphatic heterocycles. The Bertz CT molecular complexity index is 289. The van der Waals surface area contributed by atoms with Gasteiger partial charge in [0, 0.05) is 5.92 Å². The van der Waals surface area contributed by atoms with E-state index >= 15 is 0 Å². The SMILES string of the molecule is CC(C)c1nnc([C@@H]2CCCCN2)o1. The van der Waals surface area contributed by atoms with Crippen LogP contribution in [0.1, 0.15) is 56.9 Å². The van der Waals surface area contributed by atoms with Crippen molar-refractivity contribution in [3.63, 3.8) is 0 Å². The minimum absolute atomic E-state index is 0.281. The maximum absolute atomic E-state index is 5.60. The van der Waals surface area contributed by atoms with E-state index in [4.69, 9.17) is 4.42 Å². The highest BCUT2D eigenvalue weighted by Crippen LogP contribution is 2.23. The Kier molecular flexibility index (Phi) is 2.82. The van der Waals surface area contributed by atoms with Crippen LogP contribution in [0.15, 0.2) is 4.42 Å². The summed E-state index contributed by atoms with van der Waals surface area (Å²) in [5.41, 5.74) is 0. The molecule has 0 amide bonds. The fraction of sp³-hybridized carbons (Fsp3) is 0.800. The van der Waals surface area contributed by atoms with Crippen LogP contribution in [0.3, 0.4) is 0 Å². The molecular weight excluding hydrogens is 178 g/mol. The molecule has 4 nitrogen and oxygen atoms in total. The molecule has 1 atom stereocenters. The fourth-order valence-corrected chi connectivity index (χ4v) is 1.68. The molecule has 0 spiro atoms. The van der Waals surface area contributed by atoms with Gasteiger partial charge in [0.15, 0.2) is 0 Å². The molecule has 1 N–H and O–H groups in total. The molecule has 0 aliphatic carbocycles. The van der Waals surface area contributed by atoms with Crippen molar-refractivity contribution >= 4 is 0 Å². The highest BCUT2D eigenvalue weighted by atomic mass is 16.4. The van der Waals surface area contributed by atoms with Crippen molar-refractivity contribution in [2.45, 2.75) is 45.1 Å². The third kappa shape index (κ3) is 1.95. The van der Waals surface area contributed by atoms with Gasteiger partial charge in [0.05, 0.1) is 6.04 Å². The summed E-state index contributed by atoms with van der Waals surface area (Å²) < 4.78 is 5.60. The van der Waals surface area contributed by atoms with Crippen molar-refractivity contribution in [3.05, 3.63) is 11.8 Å². The minimum Gasteiger partial charge on any atom is -0.423 e. The van der Waals surface area contributed by atoms with E-state index in [2.05, 4.69) is 29.4 Å².